The van der Waals surface area contributed by atoms with E-state index in [2.05, 4.69) is 0 Å². The van der Waals surface area contributed by atoms with Crippen molar-refractivity contribution in [1.82, 2.24) is 4.90 Å². The van der Waals surface area contributed by atoms with Crippen LogP contribution in [0.1, 0.15) is 34.6 Å². The van der Waals surface area contributed by atoms with Crippen LogP contribution in [-0.2, 0) is 14.4 Å². The van der Waals surface area contributed by atoms with E-state index in [0.717, 1.165) is 4.90 Å². The highest BCUT2D eigenvalue weighted by atomic mass is 16.2. The standard InChI is InChI=1S/C12H17NO3/c1-8(14)11(2,3)12(4,5)13-9(15)6-7-10(13)16/h6-7H,1-5H3. The normalized spacial score (nSPS) is 17.2. The van der Waals surface area contributed by atoms with Gasteiger partial charge in [0.15, 0.2) is 0 Å². The molecule has 0 aromatic carbocycles. The lowest BCUT2D eigenvalue weighted by molar-refractivity contribution is -0.151. The highest BCUT2D eigenvalue weighted by Gasteiger charge is 2.49. The molecule has 0 spiro atoms. The van der Waals surface area contributed by atoms with Crippen molar-refractivity contribution in [2.45, 2.75) is 40.2 Å². The second-order valence-corrected chi connectivity index (χ2v) is 5.09. The average Bonchev–Trinajstić information content (AvgIpc) is 2.45. The van der Waals surface area contributed by atoms with Crippen molar-refractivity contribution in [3.05, 3.63) is 12.2 Å². The van der Waals surface area contributed by atoms with E-state index >= 15 is 0 Å². The zero-order valence-electron chi connectivity index (χ0n) is 10.3. The van der Waals surface area contributed by atoms with Crippen molar-refractivity contribution >= 4 is 17.6 Å². The van der Waals surface area contributed by atoms with Gasteiger partial charge in [-0.2, -0.15) is 0 Å². The minimum atomic E-state index is -0.837. The van der Waals surface area contributed by atoms with Crippen molar-refractivity contribution < 1.29 is 14.4 Å². The molecule has 0 radical (unpaired) electrons. The Morgan fingerprint density at radius 2 is 1.44 bits per heavy atom. The van der Waals surface area contributed by atoms with Crippen LogP contribution in [0.5, 0.6) is 0 Å². The van der Waals surface area contributed by atoms with E-state index < -0.39 is 11.0 Å². The van der Waals surface area contributed by atoms with Crippen LogP contribution in [0.25, 0.3) is 0 Å². The Labute approximate surface area is 95.3 Å². The molecule has 0 aliphatic carbocycles. The molecule has 1 heterocycles. The third-order valence-electron chi connectivity index (χ3n) is 3.78. The first-order valence-electron chi connectivity index (χ1n) is 5.19. The molecule has 0 unspecified atom stereocenters. The van der Waals surface area contributed by atoms with Gasteiger partial charge in [-0.1, -0.05) is 13.8 Å². The summed E-state index contributed by atoms with van der Waals surface area (Å²) in [5.74, 6) is -0.765. The Morgan fingerprint density at radius 3 is 1.75 bits per heavy atom. The molecule has 0 N–H and O–H groups in total. The summed E-state index contributed by atoms with van der Waals surface area (Å²) in [5, 5.41) is 0. The van der Waals surface area contributed by atoms with Gasteiger partial charge in [0.25, 0.3) is 11.8 Å². The fourth-order valence-electron chi connectivity index (χ4n) is 1.66. The third-order valence-corrected chi connectivity index (χ3v) is 3.78. The van der Waals surface area contributed by atoms with Crippen LogP contribution in [0.15, 0.2) is 12.2 Å². The zero-order chi connectivity index (χ0) is 12.7. The summed E-state index contributed by atoms with van der Waals surface area (Å²) in [4.78, 5) is 36.0. The number of Topliss-reactive ketones (excluding diaryl/α,β-unsaturated/α-hetero) is 1. The van der Waals surface area contributed by atoms with Crippen LogP contribution >= 0.6 is 0 Å². The largest absolute Gasteiger partial charge is 0.299 e. The minimum absolute atomic E-state index is 0.0509. The number of hydrogen-bond donors (Lipinski definition) is 0. The molecule has 1 aliphatic rings. The first kappa shape index (κ1) is 12.6. The number of ketones is 1. The zero-order valence-corrected chi connectivity index (χ0v) is 10.3. The topological polar surface area (TPSA) is 54.5 Å². The molecule has 4 heteroatoms. The number of carbonyl (C=O) groups excluding carboxylic acids is 3. The molecule has 1 rings (SSSR count). The first-order chi connectivity index (χ1) is 7.12. The van der Waals surface area contributed by atoms with Crippen molar-refractivity contribution in [2.75, 3.05) is 0 Å². The van der Waals surface area contributed by atoms with Crippen LogP contribution in [0.3, 0.4) is 0 Å². The van der Waals surface area contributed by atoms with Gasteiger partial charge in [0.1, 0.15) is 5.78 Å². The van der Waals surface area contributed by atoms with E-state index in [9.17, 15) is 14.4 Å². The van der Waals surface area contributed by atoms with Gasteiger partial charge in [0.2, 0.25) is 0 Å². The van der Waals surface area contributed by atoms with Gasteiger partial charge >= 0.3 is 0 Å². The number of carbonyl (C=O) groups is 3. The molecule has 0 aromatic rings. The smallest absolute Gasteiger partial charge is 0.254 e. The van der Waals surface area contributed by atoms with E-state index in [0.29, 0.717) is 0 Å². The maximum absolute atomic E-state index is 11.6. The molecule has 2 amide bonds. The van der Waals surface area contributed by atoms with Gasteiger partial charge in [0, 0.05) is 17.6 Å². The Morgan fingerprint density at radius 1 is 1.06 bits per heavy atom. The van der Waals surface area contributed by atoms with Crippen LogP contribution in [0.4, 0.5) is 0 Å². The second-order valence-electron chi connectivity index (χ2n) is 5.09. The summed E-state index contributed by atoms with van der Waals surface area (Å²) < 4.78 is 0. The van der Waals surface area contributed by atoms with Crippen LogP contribution in [0, 0.1) is 5.41 Å². The summed E-state index contributed by atoms with van der Waals surface area (Å²) >= 11 is 0. The Bertz CT molecular complexity index is 373. The van der Waals surface area contributed by atoms with Crippen molar-refractivity contribution in [1.29, 1.82) is 0 Å². The molecule has 16 heavy (non-hydrogen) atoms. The summed E-state index contributed by atoms with van der Waals surface area (Å²) in [5.41, 5.74) is -1.61. The van der Waals surface area contributed by atoms with Gasteiger partial charge in [0.05, 0.1) is 5.54 Å². The Kier molecular flexibility index (Phi) is 2.79. The number of imide groups is 1. The predicted octanol–water partition coefficient (Wildman–Crippen LogP) is 1.31. The van der Waals surface area contributed by atoms with Crippen LogP contribution in [0.2, 0.25) is 0 Å². The van der Waals surface area contributed by atoms with Gasteiger partial charge < -0.3 is 0 Å². The fraction of sp³-hybridized carbons (Fsp3) is 0.583. The average molecular weight is 223 g/mol. The minimum Gasteiger partial charge on any atom is -0.299 e. The highest BCUT2D eigenvalue weighted by molar-refractivity contribution is 6.13. The van der Waals surface area contributed by atoms with E-state index in [1.54, 1.807) is 27.7 Å². The molecule has 0 atom stereocenters. The van der Waals surface area contributed by atoms with Gasteiger partial charge in [-0.3, -0.25) is 19.3 Å². The summed E-state index contributed by atoms with van der Waals surface area (Å²) in [6, 6.07) is 0. The number of nitrogens with zero attached hydrogens (tertiary/aromatic N) is 1. The lowest BCUT2D eigenvalue weighted by Gasteiger charge is -2.45. The summed E-state index contributed by atoms with van der Waals surface area (Å²) in [6.45, 7) is 8.43. The first-order valence-corrected chi connectivity index (χ1v) is 5.19. The van der Waals surface area contributed by atoms with Crippen LogP contribution < -0.4 is 0 Å². The SMILES string of the molecule is CC(=O)C(C)(C)C(C)(C)N1C(=O)C=CC1=O. The van der Waals surface area contributed by atoms with E-state index in [1.807, 2.05) is 0 Å². The number of hydrogen-bond acceptors (Lipinski definition) is 3. The maximum Gasteiger partial charge on any atom is 0.254 e. The fourth-order valence-corrected chi connectivity index (χ4v) is 1.66. The van der Waals surface area contributed by atoms with E-state index in [1.165, 1.54) is 19.1 Å². The van der Waals surface area contributed by atoms with Crippen molar-refractivity contribution in [3.63, 3.8) is 0 Å². The lowest BCUT2D eigenvalue weighted by atomic mass is 9.71. The van der Waals surface area contributed by atoms with E-state index in [-0.39, 0.29) is 17.6 Å². The second kappa shape index (κ2) is 3.54. The highest BCUT2D eigenvalue weighted by Crippen LogP contribution is 2.38. The molecule has 4 nitrogen and oxygen atoms in total. The molecule has 0 fully saturated rings. The van der Waals surface area contributed by atoms with Crippen molar-refractivity contribution in [2.24, 2.45) is 5.41 Å². The third kappa shape index (κ3) is 1.58. The molecule has 0 bridgehead atoms. The Balaban J connectivity index is 3.17. The van der Waals surface area contributed by atoms with Crippen LogP contribution in [-0.4, -0.2) is 28.0 Å². The van der Waals surface area contributed by atoms with Crippen molar-refractivity contribution in [3.8, 4) is 0 Å². The molecule has 88 valence electrons. The maximum atomic E-state index is 11.6. The van der Waals surface area contributed by atoms with E-state index in [4.69, 9.17) is 0 Å². The molecular formula is C12H17NO3. The van der Waals surface area contributed by atoms with Gasteiger partial charge in [-0.25, -0.2) is 0 Å². The molecule has 1 aliphatic heterocycles. The predicted molar refractivity (Wildman–Crippen MR) is 59.5 cm³/mol. The number of rotatable bonds is 3. The molecular weight excluding hydrogens is 206 g/mol. The summed E-state index contributed by atoms with van der Waals surface area (Å²) in [6.07, 6.45) is 2.47. The monoisotopic (exact) mass is 223 g/mol. The quantitative estimate of drug-likeness (QED) is 0.678. The molecule has 0 saturated heterocycles. The van der Waals surface area contributed by atoms with Gasteiger partial charge in [-0.05, 0) is 20.8 Å². The number of amides is 2. The lowest BCUT2D eigenvalue weighted by Crippen LogP contribution is -2.58. The molecule has 0 saturated carbocycles. The Hall–Kier alpha value is -1.45. The summed E-state index contributed by atoms with van der Waals surface area (Å²) in [7, 11) is 0. The van der Waals surface area contributed by atoms with Gasteiger partial charge in [-0.15, -0.1) is 0 Å². The molecule has 0 aromatic heterocycles.